The molecule has 0 spiro atoms. The Bertz CT molecular complexity index is 620. The SMILES string of the molecule is O=C(CSc1ccc(Cl)cc1)NC(=S)Nc1cccnc1. The molecule has 108 valence electrons. The number of thiocarbonyl (C=S) groups is 1. The molecule has 2 N–H and O–H groups in total. The number of benzene rings is 1. The second-order valence-electron chi connectivity index (χ2n) is 3.99. The Kier molecular flexibility index (Phi) is 5.98. The maximum Gasteiger partial charge on any atom is 0.236 e. The number of thioether (sulfide) groups is 1. The normalized spacial score (nSPS) is 9.95. The van der Waals surface area contributed by atoms with E-state index in [4.69, 9.17) is 23.8 Å². The van der Waals surface area contributed by atoms with Crippen LogP contribution in [-0.2, 0) is 4.79 Å². The number of halogens is 1. The number of hydrogen-bond acceptors (Lipinski definition) is 4. The van der Waals surface area contributed by atoms with E-state index in [-0.39, 0.29) is 16.8 Å². The van der Waals surface area contributed by atoms with Crippen LogP contribution in [0, 0.1) is 0 Å². The minimum Gasteiger partial charge on any atom is -0.331 e. The number of pyridine rings is 1. The van der Waals surface area contributed by atoms with Gasteiger partial charge < -0.3 is 10.6 Å². The first-order valence-corrected chi connectivity index (χ1v) is 7.80. The van der Waals surface area contributed by atoms with Gasteiger partial charge in [-0.05, 0) is 48.6 Å². The van der Waals surface area contributed by atoms with E-state index in [1.807, 2.05) is 18.2 Å². The van der Waals surface area contributed by atoms with E-state index in [0.29, 0.717) is 5.02 Å². The van der Waals surface area contributed by atoms with E-state index in [1.54, 1.807) is 30.6 Å². The topological polar surface area (TPSA) is 54.0 Å². The average molecular weight is 338 g/mol. The van der Waals surface area contributed by atoms with E-state index < -0.39 is 0 Å². The third-order valence-electron chi connectivity index (χ3n) is 2.36. The summed E-state index contributed by atoms with van der Waals surface area (Å²) in [6, 6.07) is 10.9. The summed E-state index contributed by atoms with van der Waals surface area (Å²) in [4.78, 5) is 16.7. The summed E-state index contributed by atoms with van der Waals surface area (Å²) in [5.41, 5.74) is 0.730. The van der Waals surface area contributed by atoms with Crippen LogP contribution in [0.4, 0.5) is 5.69 Å². The van der Waals surface area contributed by atoms with Gasteiger partial charge in [0.15, 0.2) is 5.11 Å². The van der Waals surface area contributed by atoms with Gasteiger partial charge in [-0.2, -0.15) is 0 Å². The van der Waals surface area contributed by atoms with Gasteiger partial charge in [-0.1, -0.05) is 11.6 Å². The molecule has 0 atom stereocenters. The van der Waals surface area contributed by atoms with Crippen LogP contribution in [0.2, 0.25) is 5.02 Å². The first-order chi connectivity index (χ1) is 10.1. The molecule has 0 saturated heterocycles. The molecule has 2 aromatic rings. The van der Waals surface area contributed by atoms with Crippen LogP contribution in [0.15, 0.2) is 53.7 Å². The van der Waals surface area contributed by atoms with Crippen molar-refractivity contribution in [3.8, 4) is 0 Å². The van der Waals surface area contributed by atoms with Crippen LogP contribution >= 0.6 is 35.6 Å². The summed E-state index contributed by atoms with van der Waals surface area (Å²) in [6.07, 6.45) is 3.29. The summed E-state index contributed by atoms with van der Waals surface area (Å²) in [6.45, 7) is 0. The third-order valence-corrected chi connectivity index (χ3v) is 3.82. The fraction of sp³-hybridized carbons (Fsp3) is 0.0714. The number of anilines is 1. The van der Waals surface area contributed by atoms with Crippen molar-refractivity contribution < 1.29 is 4.79 Å². The monoisotopic (exact) mass is 337 g/mol. The first kappa shape index (κ1) is 15.8. The minimum absolute atomic E-state index is 0.170. The van der Waals surface area contributed by atoms with Crippen LogP contribution in [0.1, 0.15) is 0 Å². The predicted octanol–water partition coefficient (Wildman–Crippen LogP) is 3.34. The summed E-state index contributed by atoms with van der Waals surface area (Å²) < 4.78 is 0. The van der Waals surface area contributed by atoms with Crippen molar-refractivity contribution in [3.63, 3.8) is 0 Å². The molecular formula is C14H12ClN3OS2. The first-order valence-electron chi connectivity index (χ1n) is 6.03. The van der Waals surface area contributed by atoms with E-state index in [1.165, 1.54) is 11.8 Å². The zero-order valence-electron chi connectivity index (χ0n) is 10.9. The maximum absolute atomic E-state index is 11.8. The van der Waals surface area contributed by atoms with Gasteiger partial charge >= 0.3 is 0 Å². The van der Waals surface area contributed by atoms with Gasteiger partial charge in [0.1, 0.15) is 0 Å². The number of nitrogens with one attached hydrogen (secondary N) is 2. The van der Waals surface area contributed by atoms with Crippen molar-refractivity contribution in [1.29, 1.82) is 0 Å². The molecule has 0 aliphatic heterocycles. The lowest BCUT2D eigenvalue weighted by Gasteiger charge is -2.08. The van der Waals surface area contributed by atoms with E-state index >= 15 is 0 Å². The van der Waals surface area contributed by atoms with Crippen LogP contribution in [0.3, 0.4) is 0 Å². The second-order valence-corrected chi connectivity index (χ2v) is 5.88. The van der Waals surface area contributed by atoms with E-state index in [0.717, 1.165) is 10.6 Å². The molecule has 1 aromatic heterocycles. The minimum atomic E-state index is -0.170. The van der Waals surface area contributed by atoms with E-state index in [2.05, 4.69) is 15.6 Å². The largest absolute Gasteiger partial charge is 0.331 e. The molecule has 0 aliphatic carbocycles. The number of amides is 1. The van der Waals surface area contributed by atoms with Gasteiger partial charge in [-0.3, -0.25) is 9.78 Å². The number of carbonyl (C=O) groups is 1. The van der Waals surface area contributed by atoms with Gasteiger partial charge in [0.05, 0.1) is 17.6 Å². The number of carbonyl (C=O) groups excluding carboxylic acids is 1. The predicted molar refractivity (Wildman–Crippen MR) is 90.8 cm³/mol. The molecule has 0 radical (unpaired) electrons. The zero-order chi connectivity index (χ0) is 15.1. The lowest BCUT2D eigenvalue weighted by Crippen LogP contribution is -2.35. The van der Waals surface area contributed by atoms with Gasteiger partial charge in [-0.25, -0.2) is 0 Å². The molecule has 1 heterocycles. The molecule has 4 nitrogen and oxygen atoms in total. The summed E-state index contributed by atoms with van der Waals surface area (Å²) in [7, 11) is 0. The molecule has 1 amide bonds. The van der Waals surface area contributed by atoms with Crippen LogP contribution < -0.4 is 10.6 Å². The Morgan fingerprint density at radius 3 is 2.71 bits per heavy atom. The Morgan fingerprint density at radius 1 is 1.29 bits per heavy atom. The highest BCUT2D eigenvalue weighted by atomic mass is 35.5. The van der Waals surface area contributed by atoms with Crippen molar-refractivity contribution in [2.24, 2.45) is 0 Å². The molecule has 0 aliphatic rings. The number of aromatic nitrogens is 1. The fourth-order valence-electron chi connectivity index (χ4n) is 1.44. The lowest BCUT2D eigenvalue weighted by atomic mass is 10.4. The highest BCUT2D eigenvalue weighted by Crippen LogP contribution is 2.19. The Hall–Kier alpha value is -1.63. The molecule has 1 aromatic carbocycles. The highest BCUT2D eigenvalue weighted by Gasteiger charge is 2.06. The van der Waals surface area contributed by atoms with Gasteiger partial charge in [0, 0.05) is 16.1 Å². The Balaban J connectivity index is 1.76. The number of rotatable bonds is 4. The van der Waals surface area contributed by atoms with Crippen LogP contribution in [-0.4, -0.2) is 21.8 Å². The van der Waals surface area contributed by atoms with Gasteiger partial charge in [0.25, 0.3) is 0 Å². The average Bonchev–Trinajstić information content (AvgIpc) is 2.47. The van der Waals surface area contributed by atoms with Crippen LogP contribution in [0.5, 0.6) is 0 Å². The van der Waals surface area contributed by atoms with Gasteiger partial charge in [-0.15, -0.1) is 11.8 Å². The van der Waals surface area contributed by atoms with Crippen molar-refractivity contribution in [2.45, 2.75) is 4.90 Å². The standard InChI is InChI=1S/C14H12ClN3OS2/c15-10-3-5-12(6-4-10)21-9-13(19)18-14(20)17-11-2-1-7-16-8-11/h1-8H,9H2,(H2,17,18,19,20). The highest BCUT2D eigenvalue weighted by molar-refractivity contribution is 8.00. The van der Waals surface area contributed by atoms with Crippen LogP contribution in [0.25, 0.3) is 0 Å². The Labute approximate surface area is 137 Å². The third kappa shape index (κ3) is 5.71. The van der Waals surface area contributed by atoms with Crippen molar-refractivity contribution in [1.82, 2.24) is 10.3 Å². The second kappa shape index (κ2) is 7.97. The van der Waals surface area contributed by atoms with Crippen molar-refractivity contribution >= 4 is 52.3 Å². The molecule has 0 saturated carbocycles. The summed E-state index contributed by atoms with van der Waals surface area (Å²) in [5.74, 6) is 0.104. The molecular weight excluding hydrogens is 326 g/mol. The van der Waals surface area contributed by atoms with Crippen molar-refractivity contribution in [3.05, 3.63) is 53.8 Å². The van der Waals surface area contributed by atoms with Crippen molar-refractivity contribution in [2.75, 3.05) is 11.1 Å². The summed E-state index contributed by atoms with van der Waals surface area (Å²) in [5, 5.41) is 6.43. The molecule has 2 rings (SSSR count). The number of hydrogen-bond donors (Lipinski definition) is 2. The van der Waals surface area contributed by atoms with E-state index in [9.17, 15) is 4.79 Å². The fourth-order valence-corrected chi connectivity index (χ4v) is 2.50. The molecule has 0 fully saturated rings. The maximum atomic E-state index is 11.8. The molecule has 0 unspecified atom stereocenters. The summed E-state index contributed by atoms with van der Waals surface area (Å²) >= 11 is 12.3. The number of nitrogens with zero attached hydrogens (tertiary/aromatic N) is 1. The lowest BCUT2D eigenvalue weighted by molar-refractivity contribution is -0.117. The molecule has 21 heavy (non-hydrogen) atoms. The molecule has 7 heteroatoms. The quantitative estimate of drug-likeness (QED) is 0.662. The molecule has 0 bridgehead atoms. The Morgan fingerprint density at radius 2 is 2.05 bits per heavy atom. The van der Waals surface area contributed by atoms with Gasteiger partial charge in [0.2, 0.25) is 5.91 Å². The zero-order valence-corrected chi connectivity index (χ0v) is 13.3. The smallest absolute Gasteiger partial charge is 0.236 e.